The zero-order valence-electron chi connectivity index (χ0n) is 13.0. The number of rotatable bonds is 5. The highest BCUT2D eigenvalue weighted by Crippen LogP contribution is 2.33. The Kier molecular flexibility index (Phi) is 5.16. The fourth-order valence-corrected chi connectivity index (χ4v) is 2.08. The molecule has 0 aliphatic rings. The number of aryl methyl sites for hydroxylation is 2. The lowest BCUT2D eigenvalue weighted by Crippen LogP contribution is -2.15. The average Bonchev–Trinajstić information content (AvgIpc) is 2.50. The van der Waals surface area contributed by atoms with E-state index in [1.165, 1.54) is 25.3 Å². The van der Waals surface area contributed by atoms with Gasteiger partial charge in [0.25, 0.3) is 5.91 Å². The first-order valence-electron chi connectivity index (χ1n) is 6.92. The van der Waals surface area contributed by atoms with Gasteiger partial charge in [-0.05, 0) is 49.2 Å². The normalized spacial score (nSPS) is 10.5. The Morgan fingerprint density at radius 2 is 1.87 bits per heavy atom. The van der Waals surface area contributed by atoms with Crippen LogP contribution >= 0.6 is 0 Å². The second-order valence-electron chi connectivity index (χ2n) is 4.97. The number of anilines is 1. The molecule has 0 aliphatic carbocycles. The maximum absolute atomic E-state index is 12.6. The van der Waals surface area contributed by atoms with Gasteiger partial charge in [-0.1, -0.05) is 12.1 Å². The summed E-state index contributed by atoms with van der Waals surface area (Å²) in [6.07, 6.45) is 0. The monoisotopic (exact) mass is 321 g/mol. The lowest BCUT2D eigenvalue weighted by molar-refractivity contribution is -0.0515. The van der Waals surface area contributed by atoms with E-state index in [4.69, 9.17) is 4.74 Å². The van der Waals surface area contributed by atoms with Crippen LogP contribution in [0.15, 0.2) is 36.4 Å². The Morgan fingerprint density at radius 1 is 1.13 bits per heavy atom. The van der Waals surface area contributed by atoms with Gasteiger partial charge in [0, 0.05) is 5.69 Å². The zero-order chi connectivity index (χ0) is 17.0. The van der Waals surface area contributed by atoms with Crippen molar-refractivity contribution in [1.82, 2.24) is 0 Å². The van der Waals surface area contributed by atoms with Crippen molar-refractivity contribution in [1.29, 1.82) is 0 Å². The highest BCUT2D eigenvalue weighted by Gasteiger charge is 2.20. The average molecular weight is 321 g/mol. The van der Waals surface area contributed by atoms with Crippen LogP contribution in [0, 0.1) is 13.8 Å². The maximum Gasteiger partial charge on any atom is 0.387 e. The van der Waals surface area contributed by atoms with Gasteiger partial charge in [0.05, 0.1) is 12.7 Å². The summed E-state index contributed by atoms with van der Waals surface area (Å²) in [6.45, 7) is 0.818. The molecule has 0 saturated heterocycles. The molecule has 23 heavy (non-hydrogen) atoms. The standard InChI is InChI=1S/C17H17F2NO3/c1-10-7-8-12(9-11(10)2)20-16(21)13-5-4-6-14(22-3)15(13)23-17(18)19/h4-9,17H,1-3H3,(H,20,21). The van der Waals surface area contributed by atoms with Crippen LogP contribution in [0.25, 0.3) is 0 Å². The van der Waals surface area contributed by atoms with E-state index in [2.05, 4.69) is 10.1 Å². The van der Waals surface area contributed by atoms with Crippen LogP contribution in [-0.2, 0) is 0 Å². The number of amides is 1. The predicted octanol–water partition coefficient (Wildman–Crippen LogP) is 4.17. The molecule has 4 nitrogen and oxygen atoms in total. The van der Waals surface area contributed by atoms with Crippen molar-refractivity contribution in [2.45, 2.75) is 20.5 Å². The Hall–Kier alpha value is -2.63. The Labute approximate surface area is 133 Å². The third-order valence-electron chi connectivity index (χ3n) is 3.42. The van der Waals surface area contributed by atoms with E-state index in [-0.39, 0.29) is 17.1 Å². The number of alkyl halides is 2. The van der Waals surface area contributed by atoms with Crippen molar-refractivity contribution in [3.63, 3.8) is 0 Å². The Balaban J connectivity index is 2.32. The fraction of sp³-hybridized carbons (Fsp3) is 0.235. The van der Waals surface area contributed by atoms with Crippen molar-refractivity contribution in [2.75, 3.05) is 12.4 Å². The van der Waals surface area contributed by atoms with Gasteiger partial charge in [0.15, 0.2) is 11.5 Å². The number of nitrogens with one attached hydrogen (secondary N) is 1. The van der Waals surface area contributed by atoms with E-state index in [1.54, 1.807) is 12.1 Å². The third kappa shape index (κ3) is 3.97. The summed E-state index contributed by atoms with van der Waals surface area (Å²) >= 11 is 0. The summed E-state index contributed by atoms with van der Waals surface area (Å²) in [5.74, 6) is -0.771. The molecule has 0 radical (unpaired) electrons. The number of methoxy groups -OCH3 is 1. The number of carbonyl (C=O) groups excluding carboxylic acids is 1. The topological polar surface area (TPSA) is 47.6 Å². The molecule has 0 aromatic heterocycles. The zero-order valence-corrected chi connectivity index (χ0v) is 13.0. The molecule has 0 saturated carbocycles. The van der Waals surface area contributed by atoms with Gasteiger partial charge in [-0.15, -0.1) is 0 Å². The summed E-state index contributed by atoms with van der Waals surface area (Å²) in [6, 6.07) is 9.80. The summed E-state index contributed by atoms with van der Waals surface area (Å²) in [7, 11) is 1.32. The van der Waals surface area contributed by atoms with Gasteiger partial charge in [-0.25, -0.2) is 0 Å². The van der Waals surface area contributed by atoms with Crippen molar-refractivity contribution < 1.29 is 23.0 Å². The molecule has 0 spiro atoms. The van der Waals surface area contributed by atoms with E-state index < -0.39 is 12.5 Å². The van der Waals surface area contributed by atoms with Gasteiger partial charge in [-0.3, -0.25) is 4.79 Å². The molecule has 0 bridgehead atoms. The molecule has 0 fully saturated rings. The first-order chi connectivity index (χ1) is 10.9. The maximum atomic E-state index is 12.6. The van der Waals surface area contributed by atoms with Gasteiger partial charge >= 0.3 is 6.61 Å². The molecule has 1 N–H and O–H groups in total. The second-order valence-corrected chi connectivity index (χ2v) is 4.97. The summed E-state index contributed by atoms with van der Waals surface area (Å²) in [5.41, 5.74) is 2.65. The first-order valence-corrected chi connectivity index (χ1v) is 6.92. The van der Waals surface area contributed by atoms with E-state index in [1.807, 2.05) is 19.9 Å². The molecule has 6 heteroatoms. The SMILES string of the molecule is COc1cccc(C(=O)Nc2ccc(C)c(C)c2)c1OC(F)F. The lowest BCUT2D eigenvalue weighted by Gasteiger charge is -2.14. The van der Waals surface area contributed by atoms with Crippen LogP contribution in [-0.4, -0.2) is 19.6 Å². The molecule has 122 valence electrons. The van der Waals surface area contributed by atoms with Gasteiger partial charge in [-0.2, -0.15) is 8.78 Å². The highest BCUT2D eigenvalue weighted by atomic mass is 19.3. The van der Waals surface area contributed by atoms with Gasteiger partial charge < -0.3 is 14.8 Å². The highest BCUT2D eigenvalue weighted by molar-refractivity contribution is 6.06. The van der Waals surface area contributed by atoms with E-state index in [9.17, 15) is 13.6 Å². The number of halogens is 2. The number of ether oxygens (including phenoxy) is 2. The van der Waals surface area contributed by atoms with Crippen molar-refractivity contribution in [3.8, 4) is 11.5 Å². The molecule has 0 heterocycles. The van der Waals surface area contributed by atoms with Crippen molar-refractivity contribution in [2.24, 2.45) is 0 Å². The number of carbonyl (C=O) groups is 1. The summed E-state index contributed by atoms with van der Waals surface area (Å²) < 4.78 is 34.6. The summed E-state index contributed by atoms with van der Waals surface area (Å²) in [4.78, 5) is 12.4. The van der Waals surface area contributed by atoms with Crippen molar-refractivity contribution >= 4 is 11.6 Å². The number of para-hydroxylation sites is 1. The van der Waals surface area contributed by atoms with Gasteiger partial charge in [0.2, 0.25) is 0 Å². The van der Waals surface area contributed by atoms with E-state index in [0.29, 0.717) is 5.69 Å². The van der Waals surface area contributed by atoms with Crippen LogP contribution in [0.2, 0.25) is 0 Å². The second kappa shape index (κ2) is 7.09. The largest absolute Gasteiger partial charge is 0.493 e. The molecule has 2 aromatic rings. The smallest absolute Gasteiger partial charge is 0.387 e. The molecule has 2 aromatic carbocycles. The fourth-order valence-electron chi connectivity index (χ4n) is 2.08. The van der Waals surface area contributed by atoms with E-state index >= 15 is 0 Å². The molecule has 0 aliphatic heterocycles. The van der Waals surface area contributed by atoms with Crippen LogP contribution in [0.3, 0.4) is 0 Å². The molecular weight excluding hydrogens is 304 g/mol. The van der Waals surface area contributed by atoms with Gasteiger partial charge in [0.1, 0.15) is 0 Å². The number of hydrogen-bond acceptors (Lipinski definition) is 3. The van der Waals surface area contributed by atoms with E-state index in [0.717, 1.165) is 11.1 Å². The molecule has 0 atom stereocenters. The number of benzene rings is 2. The quantitative estimate of drug-likeness (QED) is 0.899. The van der Waals surface area contributed by atoms with Crippen LogP contribution in [0.4, 0.5) is 14.5 Å². The molecule has 1 amide bonds. The molecular formula is C17H17F2NO3. The molecule has 2 rings (SSSR count). The minimum Gasteiger partial charge on any atom is -0.493 e. The first kappa shape index (κ1) is 16.7. The summed E-state index contributed by atoms with van der Waals surface area (Å²) in [5, 5.41) is 2.67. The van der Waals surface area contributed by atoms with Crippen LogP contribution < -0.4 is 14.8 Å². The van der Waals surface area contributed by atoms with Crippen LogP contribution in [0.5, 0.6) is 11.5 Å². The minimum absolute atomic E-state index is 0.0251. The van der Waals surface area contributed by atoms with Crippen molar-refractivity contribution in [3.05, 3.63) is 53.1 Å². The lowest BCUT2D eigenvalue weighted by atomic mass is 10.1. The Morgan fingerprint density at radius 3 is 2.48 bits per heavy atom. The number of hydrogen-bond donors (Lipinski definition) is 1. The Bertz CT molecular complexity index is 717. The van der Waals surface area contributed by atoms with Crippen LogP contribution in [0.1, 0.15) is 21.5 Å². The third-order valence-corrected chi connectivity index (χ3v) is 3.42. The minimum atomic E-state index is -3.06. The molecule has 0 unspecified atom stereocenters. The predicted molar refractivity (Wildman–Crippen MR) is 83.5 cm³/mol.